The molecule has 1 unspecified atom stereocenters. The van der Waals surface area contributed by atoms with Gasteiger partial charge in [0.1, 0.15) is 30.0 Å². The summed E-state index contributed by atoms with van der Waals surface area (Å²) >= 11 is 0. The standard InChI is InChI=1S/C31H47F4N9O3Si/c1-18(2)44-22(12-13-37-44)28(45)39-26(25(19-8-9-19)20-10-11-20)29(46)38-21-15-42(40-27(21)32)24(16-47-48(6,7)30(3,4)5)23-14-36-41-43(23)17-31(33,34)35/h12-15,18-20,24-26,36,41H,8-11,16-17H2,1-7H3,(H,38,46)(H,39,45)/t24?,26-/m0/s1. The number of hydrazine groups is 2. The number of alkyl halides is 3. The molecule has 17 heteroatoms. The number of halogens is 4. The molecule has 2 amide bonds. The number of rotatable bonds is 14. The molecule has 48 heavy (non-hydrogen) atoms. The van der Waals surface area contributed by atoms with Crippen LogP contribution in [0.4, 0.5) is 23.2 Å². The van der Waals surface area contributed by atoms with Gasteiger partial charge < -0.3 is 20.5 Å². The Hall–Kier alpha value is -3.44. The monoisotopic (exact) mass is 697 g/mol. The van der Waals surface area contributed by atoms with Crippen molar-refractivity contribution in [3.8, 4) is 0 Å². The summed E-state index contributed by atoms with van der Waals surface area (Å²) in [5.41, 5.74) is 5.25. The van der Waals surface area contributed by atoms with Crippen LogP contribution >= 0.6 is 0 Å². The Morgan fingerprint density at radius 2 is 1.77 bits per heavy atom. The van der Waals surface area contributed by atoms with Gasteiger partial charge in [0.2, 0.25) is 5.91 Å². The fourth-order valence-corrected chi connectivity index (χ4v) is 6.89. The van der Waals surface area contributed by atoms with Crippen molar-refractivity contribution in [2.45, 2.75) is 103 Å². The van der Waals surface area contributed by atoms with Crippen molar-refractivity contribution >= 4 is 25.8 Å². The summed E-state index contributed by atoms with van der Waals surface area (Å²) in [6.07, 6.45) is 3.37. The summed E-state index contributed by atoms with van der Waals surface area (Å²) in [7, 11) is -2.40. The summed E-state index contributed by atoms with van der Waals surface area (Å²) in [5.74, 6) is -1.64. The number of anilines is 1. The van der Waals surface area contributed by atoms with Crippen LogP contribution < -0.4 is 21.6 Å². The maximum absolute atomic E-state index is 15.6. The van der Waals surface area contributed by atoms with Crippen LogP contribution in [0.3, 0.4) is 0 Å². The second-order valence-electron chi connectivity index (χ2n) is 14.9. The highest BCUT2D eigenvalue weighted by Crippen LogP contribution is 2.51. The van der Waals surface area contributed by atoms with E-state index in [2.05, 4.69) is 31.8 Å². The molecule has 12 nitrogen and oxygen atoms in total. The van der Waals surface area contributed by atoms with Crippen LogP contribution in [-0.2, 0) is 9.22 Å². The number of carbonyl (C=O) groups is 2. The van der Waals surface area contributed by atoms with Crippen molar-refractivity contribution in [1.82, 2.24) is 40.8 Å². The summed E-state index contributed by atoms with van der Waals surface area (Å²) in [6, 6.07) is -0.424. The molecular weight excluding hydrogens is 650 g/mol. The molecule has 266 valence electrons. The molecule has 2 atom stereocenters. The van der Waals surface area contributed by atoms with Crippen LogP contribution in [0.5, 0.6) is 0 Å². The van der Waals surface area contributed by atoms with Gasteiger partial charge in [-0.2, -0.15) is 22.7 Å². The first-order valence-corrected chi connectivity index (χ1v) is 19.4. The molecule has 2 fully saturated rings. The van der Waals surface area contributed by atoms with Gasteiger partial charge in [0, 0.05) is 18.4 Å². The van der Waals surface area contributed by atoms with Gasteiger partial charge in [0.25, 0.3) is 11.9 Å². The van der Waals surface area contributed by atoms with E-state index in [9.17, 15) is 22.8 Å². The van der Waals surface area contributed by atoms with E-state index < -0.39 is 50.9 Å². The summed E-state index contributed by atoms with van der Waals surface area (Å²) < 4.78 is 65.1. The fourth-order valence-electron chi connectivity index (χ4n) is 5.89. The first-order chi connectivity index (χ1) is 22.4. The Labute approximate surface area is 279 Å². The smallest absolute Gasteiger partial charge is 0.407 e. The highest BCUT2D eigenvalue weighted by molar-refractivity contribution is 6.74. The van der Waals surface area contributed by atoms with E-state index in [-0.39, 0.29) is 46.8 Å². The van der Waals surface area contributed by atoms with E-state index in [1.807, 2.05) is 47.7 Å². The maximum Gasteiger partial charge on any atom is 0.407 e. The van der Waals surface area contributed by atoms with Gasteiger partial charge >= 0.3 is 6.18 Å². The molecule has 1 aliphatic heterocycles. The van der Waals surface area contributed by atoms with E-state index >= 15 is 4.39 Å². The van der Waals surface area contributed by atoms with Crippen LogP contribution in [0.1, 0.15) is 82.9 Å². The molecule has 4 N–H and O–H groups in total. The van der Waals surface area contributed by atoms with Gasteiger partial charge in [-0.25, -0.2) is 0 Å². The lowest BCUT2D eigenvalue weighted by molar-refractivity contribution is -0.148. The number of nitrogens with zero attached hydrogens (tertiary/aromatic N) is 5. The number of hydrogen-bond donors (Lipinski definition) is 4. The molecule has 2 aromatic heterocycles. The molecule has 2 saturated carbocycles. The second-order valence-corrected chi connectivity index (χ2v) is 19.7. The topological polar surface area (TPSA) is 130 Å². The van der Waals surface area contributed by atoms with Gasteiger partial charge in [-0.3, -0.25) is 24.0 Å². The van der Waals surface area contributed by atoms with Crippen molar-refractivity contribution in [2.75, 3.05) is 18.5 Å². The average molecular weight is 698 g/mol. The number of amides is 2. The predicted molar refractivity (Wildman–Crippen MR) is 173 cm³/mol. The number of aromatic nitrogens is 4. The predicted octanol–water partition coefficient (Wildman–Crippen LogP) is 5.26. The molecule has 0 bridgehead atoms. The van der Waals surface area contributed by atoms with E-state index in [1.165, 1.54) is 23.3 Å². The minimum Gasteiger partial charge on any atom is -0.414 e. The van der Waals surface area contributed by atoms with E-state index in [0.29, 0.717) is 5.69 Å². The normalized spacial score (nSPS) is 18.6. The van der Waals surface area contributed by atoms with Gasteiger partial charge in [0.15, 0.2) is 8.32 Å². The molecule has 5 rings (SSSR count). The molecular formula is C31H47F4N9O3Si. The molecule has 0 radical (unpaired) electrons. The largest absolute Gasteiger partial charge is 0.414 e. The lowest BCUT2D eigenvalue weighted by Gasteiger charge is -2.38. The lowest BCUT2D eigenvalue weighted by atomic mass is 9.88. The molecule has 0 spiro atoms. The van der Waals surface area contributed by atoms with Gasteiger partial charge in [-0.05, 0) is 81.5 Å². The SMILES string of the molecule is CC(C)n1nccc1C(=O)N[C@H](C(=O)Nc1cn(C(CO[Si](C)(C)C(C)(C)C)C2=CNNN2CC(F)(F)F)nc1F)C(C1CC1)C1CC1. The third-order valence-electron chi connectivity index (χ3n) is 9.76. The highest BCUT2D eigenvalue weighted by atomic mass is 28.4. The van der Waals surface area contributed by atoms with Crippen LogP contribution in [0.15, 0.2) is 30.4 Å². The number of hydrogen-bond acceptors (Lipinski definition) is 8. The Morgan fingerprint density at radius 1 is 1.12 bits per heavy atom. The minimum atomic E-state index is -4.54. The van der Waals surface area contributed by atoms with Crippen molar-refractivity contribution in [3.05, 3.63) is 42.0 Å². The van der Waals surface area contributed by atoms with Gasteiger partial charge in [-0.15, -0.1) is 10.6 Å². The average Bonchev–Trinajstić information content (AvgIpc) is 3.86. The zero-order valence-corrected chi connectivity index (χ0v) is 29.5. The van der Waals surface area contributed by atoms with Gasteiger partial charge in [0.05, 0.1) is 18.5 Å². The minimum absolute atomic E-state index is 0.0865. The van der Waals surface area contributed by atoms with Crippen molar-refractivity contribution < 1.29 is 31.6 Å². The Morgan fingerprint density at radius 3 is 2.33 bits per heavy atom. The summed E-state index contributed by atoms with van der Waals surface area (Å²) in [6.45, 7) is 12.5. The zero-order valence-electron chi connectivity index (χ0n) is 28.5. The molecule has 2 aromatic rings. The van der Waals surface area contributed by atoms with E-state index in [0.717, 1.165) is 30.7 Å². The summed E-state index contributed by atoms with van der Waals surface area (Å²) in [5, 5.41) is 14.5. The third-order valence-corrected chi connectivity index (χ3v) is 14.3. The fraction of sp³-hybridized carbons (Fsp3) is 0.677. The van der Waals surface area contributed by atoms with Crippen LogP contribution in [0, 0.1) is 23.7 Å². The van der Waals surface area contributed by atoms with Crippen LogP contribution in [0.2, 0.25) is 18.1 Å². The lowest BCUT2D eigenvalue weighted by Crippen LogP contribution is -2.50. The first kappa shape index (κ1) is 35.9. The van der Waals surface area contributed by atoms with Crippen molar-refractivity contribution in [2.24, 2.45) is 17.8 Å². The first-order valence-electron chi connectivity index (χ1n) is 16.5. The highest BCUT2D eigenvalue weighted by Gasteiger charge is 2.49. The second kappa shape index (κ2) is 13.5. The van der Waals surface area contributed by atoms with Crippen LogP contribution in [0.25, 0.3) is 0 Å². The third kappa shape index (κ3) is 8.22. The Kier molecular flexibility index (Phi) is 10.1. The van der Waals surface area contributed by atoms with E-state index in [4.69, 9.17) is 4.43 Å². The molecule has 2 aliphatic carbocycles. The van der Waals surface area contributed by atoms with Crippen molar-refractivity contribution in [3.63, 3.8) is 0 Å². The Bertz CT molecular complexity index is 1500. The van der Waals surface area contributed by atoms with Gasteiger partial charge in [-0.1, -0.05) is 20.8 Å². The molecule has 3 heterocycles. The Balaban J connectivity index is 1.42. The summed E-state index contributed by atoms with van der Waals surface area (Å²) in [4.78, 5) is 27.5. The maximum atomic E-state index is 15.6. The number of carbonyl (C=O) groups excluding carboxylic acids is 2. The van der Waals surface area contributed by atoms with E-state index in [1.54, 1.807) is 10.7 Å². The molecule has 0 saturated heterocycles. The molecule has 0 aromatic carbocycles. The van der Waals surface area contributed by atoms with Crippen LogP contribution in [-0.4, -0.2) is 70.1 Å². The van der Waals surface area contributed by atoms with Crippen molar-refractivity contribution in [1.29, 1.82) is 0 Å². The quantitative estimate of drug-likeness (QED) is 0.155. The zero-order chi connectivity index (χ0) is 35.2. The number of nitrogens with one attached hydrogen (secondary N) is 4. The molecule has 3 aliphatic rings.